The minimum Gasteiger partial charge on any atom is -0.384 e. The fraction of sp³-hybridized carbons (Fsp3) is 0.250. The summed E-state index contributed by atoms with van der Waals surface area (Å²) in [6.45, 7) is 6.11. The SMILES string of the molecule is CC(C)(C)c1cc(C(=O)Nc2cccc(I)c2)cc(N)n1. The van der Waals surface area contributed by atoms with Crippen LogP contribution in [0.25, 0.3) is 0 Å². The Bertz CT molecular complexity index is 677. The van der Waals surface area contributed by atoms with Crippen LogP contribution in [0.4, 0.5) is 11.5 Å². The second-order valence-corrected chi connectivity index (χ2v) is 7.13. The van der Waals surface area contributed by atoms with Crippen LogP contribution in [0.15, 0.2) is 36.4 Å². The maximum atomic E-state index is 12.4. The molecule has 0 saturated carbocycles. The third-order valence-corrected chi connectivity index (χ3v) is 3.63. The van der Waals surface area contributed by atoms with Gasteiger partial charge in [-0.2, -0.15) is 0 Å². The molecule has 1 heterocycles. The van der Waals surface area contributed by atoms with Gasteiger partial charge in [0.25, 0.3) is 5.91 Å². The zero-order chi connectivity index (χ0) is 15.6. The lowest BCUT2D eigenvalue weighted by atomic mass is 9.90. The third kappa shape index (κ3) is 4.17. The van der Waals surface area contributed by atoms with Gasteiger partial charge in [0.2, 0.25) is 0 Å². The third-order valence-electron chi connectivity index (χ3n) is 2.96. The number of nitrogens with zero attached hydrogens (tertiary/aromatic N) is 1. The van der Waals surface area contributed by atoms with E-state index in [2.05, 4.69) is 32.9 Å². The van der Waals surface area contributed by atoms with E-state index < -0.39 is 0 Å². The summed E-state index contributed by atoms with van der Waals surface area (Å²) in [6.07, 6.45) is 0. The van der Waals surface area contributed by atoms with Crippen molar-refractivity contribution in [2.75, 3.05) is 11.1 Å². The number of rotatable bonds is 2. The van der Waals surface area contributed by atoms with Gasteiger partial charge in [-0.05, 0) is 52.9 Å². The standard InChI is InChI=1S/C16H18IN3O/c1-16(2,3)13-7-10(8-14(18)20-13)15(21)19-12-6-4-5-11(17)9-12/h4-9H,1-3H3,(H2,18,20)(H,19,21). The van der Waals surface area contributed by atoms with Crippen molar-refractivity contribution in [1.82, 2.24) is 4.98 Å². The Kier molecular flexibility index (Phi) is 4.51. The topological polar surface area (TPSA) is 68.0 Å². The average molecular weight is 395 g/mol. The second kappa shape index (κ2) is 6.01. The Balaban J connectivity index is 2.29. The number of nitrogens with one attached hydrogen (secondary N) is 1. The largest absolute Gasteiger partial charge is 0.384 e. The fourth-order valence-electron chi connectivity index (χ4n) is 1.84. The van der Waals surface area contributed by atoms with Crippen LogP contribution in [0.2, 0.25) is 0 Å². The van der Waals surface area contributed by atoms with Crippen LogP contribution in [0.1, 0.15) is 36.8 Å². The molecule has 21 heavy (non-hydrogen) atoms. The summed E-state index contributed by atoms with van der Waals surface area (Å²) in [5.41, 5.74) is 7.74. The first-order chi connectivity index (χ1) is 9.75. The van der Waals surface area contributed by atoms with Crippen LogP contribution in [0.3, 0.4) is 0 Å². The number of carbonyl (C=O) groups excluding carboxylic acids is 1. The number of halogens is 1. The van der Waals surface area contributed by atoms with Crippen LogP contribution in [0.5, 0.6) is 0 Å². The van der Waals surface area contributed by atoms with Crippen molar-refractivity contribution in [3.63, 3.8) is 0 Å². The van der Waals surface area contributed by atoms with Crippen LogP contribution in [-0.4, -0.2) is 10.9 Å². The van der Waals surface area contributed by atoms with Crippen LogP contribution in [0, 0.1) is 3.57 Å². The molecule has 5 heteroatoms. The Morgan fingerprint density at radius 1 is 1.24 bits per heavy atom. The van der Waals surface area contributed by atoms with Gasteiger partial charge in [-0.15, -0.1) is 0 Å². The van der Waals surface area contributed by atoms with Crippen LogP contribution in [-0.2, 0) is 5.41 Å². The highest BCUT2D eigenvalue weighted by Gasteiger charge is 2.18. The molecule has 0 aliphatic rings. The van der Waals surface area contributed by atoms with Crippen LogP contribution < -0.4 is 11.1 Å². The van der Waals surface area contributed by atoms with E-state index in [9.17, 15) is 4.79 Å². The number of nitrogens with two attached hydrogens (primary N) is 1. The smallest absolute Gasteiger partial charge is 0.255 e. The van der Waals surface area contributed by atoms with Gasteiger partial charge in [0.05, 0.1) is 0 Å². The molecule has 0 radical (unpaired) electrons. The summed E-state index contributed by atoms with van der Waals surface area (Å²) in [4.78, 5) is 16.7. The molecule has 1 aromatic heterocycles. The molecule has 110 valence electrons. The predicted molar refractivity (Wildman–Crippen MR) is 94.5 cm³/mol. The molecule has 0 aliphatic carbocycles. The first-order valence-electron chi connectivity index (χ1n) is 6.61. The highest BCUT2D eigenvalue weighted by atomic mass is 127. The van der Waals surface area contributed by atoms with Gasteiger partial charge in [0.15, 0.2) is 0 Å². The number of hydrogen-bond donors (Lipinski definition) is 2. The van der Waals surface area contributed by atoms with E-state index in [1.165, 1.54) is 0 Å². The van der Waals surface area contributed by atoms with Gasteiger partial charge in [-0.3, -0.25) is 4.79 Å². The van der Waals surface area contributed by atoms with Crippen molar-refractivity contribution in [3.8, 4) is 0 Å². The number of amides is 1. The molecule has 0 bridgehead atoms. The molecule has 4 nitrogen and oxygen atoms in total. The zero-order valence-electron chi connectivity index (χ0n) is 12.3. The van der Waals surface area contributed by atoms with Crippen molar-refractivity contribution in [2.45, 2.75) is 26.2 Å². The van der Waals surface area contributed by atoms with Crippen molar-refractivity contribution < 1.29 is 4.79 Å². The van der Waals surface area contributed by atoms with Gasteiger partial charge in [-0.1, -0.05) is 26.8 Å². The number of carbonyl (C=O) groups is 1. The van der Waals surface area contributed by atoms with Gasteiger partial charge < -0.3 is 11.1 Å². The van der Waals surface area contributed by atoms with Crippen molar-refractivity contribution in [2.24, 2.45) is 0 Å². The van der Waals surface area contributed by atoms with E-state index in [-0.39, 0.29) is 11.3 Å². The molecule has 0 saturated heterocycles. The van der Waals surface area contributed by atoms with Crippen LogP contribution >= 0.6 is 22.6 Å². The van der Waals surface area contributed by atoms with Gasteiger partial charge in [0, 0.05) is 25.9 Å². The van der Waals surface area contributed by atoms with Gasteiger partial charge in [0.1, 0.15) is 5.82 Å². The summed E-state index contributed by atoms with van der Waals surface area (Å²) in [7, 11) is 0. The van der Waals surface area contributed by atoms with Gasteiger partial charge in [-0.25, -0.2) is 4.98 Å². The molecule has 0 atom stereocenters. The lowest BCUT2D eigenvalue weighted by Gasteiger charge is -2.19. The molecule has 2 aromatic rings. The Morgan fingerprint density at radius 2 is 1.95 bits per heavy atom. The molecular weight excluding hydrogens is 377 g/mol. The summed E-state index contributed by atoms with van der Waals surface area (Å²) in [6, 6.07) is 11.0. The molecule has 0 spiro atoms. The van der Waals surface area contributed by atoms with E-state index in [4.69, 9.17) is 5.73 Å². The molecule has 1 aromatic carbocycles. The molecule has 0 unspecified atom stereocenters. The summed E-state index contributed by atoms with van der Waals surface area (Å²) >= 11 is 2.21. The number of aromatic nitrogens is 1. The van der Waals surface area contributed by atoms with E-state index in [0.29, 0.717) is 11.4 Å². The highest BCUT2D eigenvalue weighted by molar-refractivity contribution is 14.1. The van der Waals surface area contributed by atoms with E-state index in [1.54, 1.807) is 12.1 Å². The zero-order valence-corrected chi connectivity index (χ0v) is 14.4. The normalized spacial score (nSPS) is 11.2. The van der Waals surface area contributed by atoms with E-state index >= 15 is 0 Å². The number of hydrogen-bond acceptors (Lipinski definition) is 3. The predicted octanol–water partition coefficient (Wildman–Crippen LogP) is 3.82. The second-order valence-electron chi connectivity index (χ2n) is 5.88. The number of benzene rings is 1. The van der Waals surface area contributed by atoms with Crippen molar-refractivity contribution in [1.29, 1.82) is 0 Å². The maximum Gasteiger partial charge on any atom is 0.255 e. The Morgan fingerprint density at radius 3 is 2.57 bits per heavy atom. The molecule has 0 aliphatic heterocycles. The minimum atomic E-state index is -0.184. The van der Waals surface area contributed by atoms with E-state index in [0.717, 1.165) is 15.0 Å². The van der Waals surface area contributed by atoms with Gasteiger partial charge >= 0.3 is 0 Å². The number of nitrogen functional groups attached to an aromatic ring is 1. The Labute approximate surface area is 138 Å². The molecule has 2 rings (SSSR count). The molecular formula is C16H18IN3O. The number of anilines is 2. The van der Waals surface area contributed by atoms with Crippen molar-refractivity contribution in [3.05, 3.63) is 51.2 Å². The minimum absolute atomic E-state index is 0.160. The highest BCUT2D eigenvalue weighted by Crippen LogP contribution is 2.23. The molecule has 1 amide bonds. The lowest BCUT2D eigenvalue weighted by Crippen LogP contribution is -2.18. The quantitative estimate of drug-likeness (QED) is 0.760. The van der Waals surface area contributed by atoms with Crippen molar-refractivity contribution >= 4 is 40.0 Å². The summed E-state index contributed by atoms with van der Waals surface area (Å²) in [5.74, 6) is 0.173. The Hall–Kier alpha value is -1.63. The number of pyridine rings is 1. The summed E-state index contributed by atoms with van der Waals surface area (Å²) in [5, 5.41) is 2.88. The lowest BCUT2D eigenvalue weighted by molar-refractivity contribution is 0.102. The molecule has 3 N–H and O–H groups in total. The van der Waals surface area contributed by atoms with E-state index in [1.807, 2.05) is 45.0 Å². The molecule has 0 fully saturated rings. The first-order valence-corrected chi connectivity index (χ1v) is 7.68. The average Bonchev–Trinajstić information content (AvgIpc) is 2.37. The first kappa shape index (κ1) is 15.8. The monoisotopic (exact) mass is 395 g/mol. The fourth-order valence-corrected chi connectivity index (χ4v) is 2.38. The maximum absolute atomic E-state index is 12.4. The summed E-state index contributed by atoms with van der Waals surface area (Å²) < 4.78 is 1.06.